The molecule has 2 N–H and O–H groups in total. The summed E-state index contributed by atoms with van der Waals surface area (Å²) in [5, 5.41) is 16.1. The third-order valence-corrected chi connectivity index (χ3v) is 10.5. The van der Waals surface area contributed by atoms with Gasteiger partial charge in [0.15, 0.2) is 6.61 Å². The van der Waals surface area contributed by atoms with Gasteiger partial charge < -0.3 is 15.3 Å². The van der Waals surface area contributed by atoms with E-state index in [9.17, 15) is 14.4 Å². The summed E-state index contributed by atoms with van der Waals surface area (Å²) in [6.45, 7) is 6.79. The number of hydrogen-bond acceptors (Lipinski definition) is 5. The molecule has 5 rings (SSSR count). The van der Waals surface area contributed by atoms with Gasteiger partial charge in [0.2, 0.25) is 0 Å². The molecule has 38 heavy (non-hydrogen) atoms. The van der Waals surface area contributed by atoms with Crippen molar-refractivity contribution in [3.63, 3.8) is 0 Å². The highest BCUT2D eigenvalue weighted by Crippen LogP contribution is 2.66. The summed E-state index contributed by atoms with van der Waals surface area (Å²) in [4.78, 5) is 41.0. The minimum Gasteiger partial charge on any atom is -0.478 e. The van der Waals surface area contributed by atoms with Crippen molar-refractivity contribution in [1.29, 1.82) is 0 Å². The molecule has 4 aliphatic carbocycles. The smallest absolute Gasteiger partial charge is 0.335 e. The number of ketones is 1. The molecule has 0 bridgehead atoms. The Bertz CT molecular complexity index is 1170. The summed E-state index contributed by atoms with van der Waals surface area (Å²) in [5.74, 6) is 1.44. The zero-order valence-electron chi connectivity index (χ0n) is 22.8. The van der Waals surface area contributed by atoms with E-state index in [0.717, 1.165) is 43.4 Å². The number of Topliss-reactive ketones (excluding diaryl/α,β-unsaturated/α-hetero) is 1. The van der Waals surface area contributed by atoms with Gasteiger partial charge >= 0.3 is 5.97 Å². The third-order valence-electron chi connectivity index (χ3n) is 10.5. The van der Waals surface area contributed by atoms with Gasteiger partial charge in [-0.2, -0.15) is 0 Å². The van der Waals surface area contributed by atoms with Gasteiger partial charge in [-0.05, 0) is 111 Å². The SMILES string of the molecule is CC(=O)[C@@H]1CC[C@@H]2[C@@H]3CCC4=CC(=NOCC(=O)NCc5ccc(C(=O)O)cc5)CC[C@]4(C)[C@H]3CC[C@@]21C. The van der Waals surface area contributed by atoms with Crippen LogP contribution in [0.5, 0.6) is 0 Å². The van der Waals surface area contributed by atoms with E-state index >= 15 is 0 Å². The topological polar surface area (TPSA) is 105 Å². The quantitative estimate of drug-likeness (QED) is 0.459. The second-order valence-electron chi connectivity index (χ2n) is 12.4. The molecule has 0 unspecified atom stereocenters. The van der Waals surface area contributed by atoms with Gasteiger partial charge in [-0.1, -0.05) is 36.7 Å². The van der Waals surface area contributed by atoms with Crippen molar-refractivity contribution in [2.24, 2.45) is 39.7 Å². The lowest BCUT2D eigenvalue weighted by atomic mass is 9.46. The molecule has 1 amide bonds. The van der Waals surface area contributed by atoms with Crippen LogP contribution in [0.1, 0.15) is 88.1 Å². The fraction of sp³-hybridized carbons (Fsp3) is 0.613. The molecule has 0 radical (unpaired) electrons. The number of carboxylic acids is 1. The Balaban J connectivity index is 1.16. The average Bonchev–Trinajstić information content (AvgIpc) is 3.25. The van der Waals surface area contributed by atoms with Gasteiger partial charge in [-0.25, -0.2) is 4.79 Å². The van der Waals surface area contributed by atoms with Gasteiger partial charge in [0.25, 0.3) is 5.91 Å². The predicted molar refractivity (Wildman–Crippen MR) is 145 cm³/mol. The van der Waals surface area contributed by atoms with Gasteiger partial charge in [0.1, 0.15) is 5.78 Å². The largest absolute Gasteiger partial charge is 0.478 e. The van der Waals surface area contributed by atoms with E-state index in [0.29, 0.717) is 30.1 Å². The van der Waals surface area contributed by atoms with Crippen molar-refractivity contribution in [2.75, 3.05) is 6.61 Å². The molecule has 7 heteroatoms. The van der Waals surface area contributed by atoms with Crippen LogP contribution in [0.3, 0.4) is 0 Å². The Kier molecular flexibility index (Phi) is 7.23. The van der Waals surface area contributed by atoms with Crippen LogP contribution in [-0.2, 0) is 21.0 Å². The minimum atomic E-state index is -0.975. The zero-order chi connectivity index (χ0) is 27.1. The molecule has 204 valence electrons. The number of nitrogens with zero attached hydrogens (tertiary/aromatic N) is 1. The molecule has 0 aromatic heterocycles. The number of amides is 1. The molecular formula is C31H40N2O5. The van der Waals surface area contributed by atoms with Crippen molar-refractivity contribution in [3.05, 3.63) is 47.0 Å². The van der Waals surface area contributed by atoms with E-state index in [4.69, 9.17) is 9.94 Å². The number of hydrogen-bond donors (Lipinski definition) is 2. The summed E-state index contributed by atoms with van der Waals surface area (Å²) in [6.07, 6.45) is 11.0. The summed E-state index contributed by atoms with van der Waals surface area (Å²) >= 11 is 0. The van der Waals surface area contributed by atoms with Crippen LogP contribution in [0.25, 0.3) is 0 Å². The summed E-state index contributed by atoms with van der Waals surface area (Å²) in [5.41, 5.74) is 3.79. The first-order chi connectivity index (χ1) is 18.1. The second kappa shape index (κ2) is 10.3. The Morgan fingerprint density at radius 1 is 1.03 bits per heavy atom. The van der Waals surface area contributed by atoms with Gasteiger partial charge in [0.05, 0.1) is 11.3 Å². The second-order valence-corrected chi connectivity index (χ2v) is 12.4. The zero-order valence-corrected chi connectivity index (χ0v) is 22.8. The number of allylic oxidation sites excluding steroid dienone is 2. The van der Waals surface area contributed by atoms with Crippen LogP contribution in [0.2, 0.25) is 0 Å². The molecule has 0 aliphatic heterocycles. The van der Waals surface area contributed by atoms with Crippen molar-refractivity contribution < 1.29 is 24.3 Å². The van der Waals surface area contributed by atoms with Gasteiger partial charge in [0, 0.05) is 12.5 Å². The number of fused-ring (bicyclic) bond motifs is 5. The molecule has 7 nitrogen and oxygen atoms in total. The molecular weight excluding hydrogens is 480 g/mol. The summed E-state index contributed by atoms with van der Waals surface area (Å²) in [7, 11) is 0. The van der Waals surface area contributed by atoms with Crippen LogP contribution in [0.4, 0.5) is 0 Å². The minimum absolute atomic E-state index is 0.153. The maximum Gasteiger partial charge on any atom is 0.335 e. The van der Waals surface area contributed by atoms with Crippen LogP contribution in [0, 0.1) is 34.5 Å². The van der Waals surface area contributed by atoms with E-state index < -0.39 is 5.97 Å². The predicted octanol–water partition coefficient (Wildman–Crippen LogP) is 5.54. The first kappa shape index (κ1) is 26.6. The Morgan fingerprint density at radius 3 is 2.50 bits per heavy atom. The molecule has 4 aliphatic rings. The third kappa shape index (κ3) is 4.80. The maximum absolute atomic E-state index is 12.4. The fourth-order valence-corrected chi connectivity index (χ4v) is 8.50. The Morgan fingerprint density at radius 2 is 1.79 bits per heavy atom. The molecule has 0 saturated heterocycles. The van der Waals surface area contributed by atoms with Crippen LogP contribution in [0.15, 0.2) is 41.1 Å². The molecule has 3 fully saturated rings. The number of oxime groups is 1. The lowest BCUT2D eigenvalue weighted by molar-refractivity contribution is -0.128. The maximum atomic E-state index is 12.4. The highest BCUT2D eigenvalue weighted by Gasteiger charge is 2.59. The number of benzene rings is 1. The van der Waals surface area contributed by atoms with Crippen LogP contribution < -0.4 is 5.32 Å². The van der Waals surface area contributed by atoms with Crippen molar-refractivity contribution in [2.45, 2.75) is 78.7 Å². The summed E-state index contributed by atoms with van der Waals surface area (Å²) in [6, 6.07) is 6.41. The van der Waals surface area contributed by atoms with Gasteiger partial charge in [-0.15, -0.1) is 0 Å². The van der Waals surface area contributed by atoms with Crippen LogP contribution in [-0.4, -0.2) is 35.1 Å². The van der Waals surface area contributed by atoms with Crippen molar-refractivity contribution in [3.8, 4) is 0 Å². The fourth-order valence-electron chi connectivity index (χ4n) is 8.50. The number of carbonyl (C=O) groups is 3. The first-order valence-corrected chi connectivity index (χ1v) is 14.1. The normalized spacial score (nSPS) is 34.9. The van der Waals surface area contributed by atoms with Gasteiger partial charge in [-0.3, -0.25) is 9.59 Å². The standard InChI is InChI=1S/C31H40N2O5/c1-19(34)25-10-11-26-24-9-8-22-16-23(12-14-30(22,2)27(24)13-15-31(25,26)3)33-38-18-28(35)32-17-20-4-6-21(7-5-20)29(36)37/h4-7,16,24-27H,8-15,17-18H2,1-3H3,(H,32,35)(H,36,37)/t24-,25-,26+,27-,30-,31+/m0/s1. The number of carbonyl (C=O) groups excluding carboxylic acids is 2. The number of nitrogens with one attached hydrogen (secondary N) is 1. The first-order valence-electron chi connectivity index (χ1n) is 14.1. The van der Waals surface area contributed by atoms with E-state index in [1.54, 1.807) is 19.1 Å². The van der Waals surface area contributed by atoms with E-state index in [2.05, 4.69) is 30.4 Å². The molecule has 3 saturated carbocycles. The van der Waals surface area contributed by atoms with Crippen molar-refractivity contribution >= 4 is 23.4 Å². The number of carboxylic acid groups (broad SMARTS) is 1. The lowest BCUT2D eigenvalue weighted by Crippen LogP contribution is -2.51. The highest BCUT2D eigenvalue weighted by molar-refractivity contribution is 5.96. The van der Waals surface area contributed by atoms with Crippen LogP contribution >= 0.6 is 0 Å². The Hall–Kier alpha value is -2.96. The number of aromatic carboxylic acids is 1. The van der Waals surface area contributed by atoms with E-state index in [1.807, 2.05) is 0 Å². The number of rotatable bonds is 7. The molecule has 1 aromatic carbocycles. The molecule has 1 aromatic rings. The highest BCUT2D eigenvalue weighted by atomic mass is 16.6. The lowest BCUT2D eigenvalue weighted by Gasteiger charge is -2.58. The van der Waals surface area contributed by atoms with Crippen molar-refractivity contribution in [1.82, 2.24) is 5.32 Å². The summed E-state index contributed by atoms with van der Waals surface area (Å²) < 4.78 is 0. The van der Waals surface area contributed by atoms with E-state index in [1.165, 1.54) is 37.0 Å². The molecule has 6 atom stereocenters. The molecule has 0 heterocycles. The molecule has 0 spiro atoms. The average molecular weight is 521 g/mol. The Labute approximate surface area is 225 Å². The van der Waals surface area contributed by atoms with E-state index in [-0.39, 0.29) is 34.8 Å². The monoisotopic (exact) mass is 520 g/mol.